The number of nitriles is 1. The first-order chi connectivity index (χ1) is 10.9. The van der Waals surface area contributed by atoms with Gasteiger partial charge in [-0.15, -0.1) is 12.4 Å². The maximum absolute atomic E-state index is 12.6. The number of hydrogen-bond donors (Lipinski definition) is 1. The van der Waals surface area contributed by atoms with Gasteiger partial charge in [0.25, 0.3) is 0 Å². The van der Waals surface area contributed by atoms with Gasteiger partial charge >= 0.3 is 12.0 Å². The zero-order chi connectivity index (χ0) is 17.0. The highest BCUT2D eigenvalue weighted by Gasteiger charge is 2.45. The molecule has 0 saturated carbocycles. The molecule has 0 aliphatic carbocycles. The molecule has 0 bridgehead atoms. The van der Waals surface area contributed by atoms with Crippen LogP contribution in [0.1, 0.15) is 6.42 Å². The molecule has 8 nitrogen and oxygen atoms in total. The largest absolute Gasteiger partial charge is 0.449 e. The number of carbonyl (C=O) groups is 2. The van der Waals surface area contributed by atoms with E-state index >= 15 is 0 Å². The van der Waals surface area contributed by atoms with Gasteiger partial charge in [-0.3, -0.25) is 0 Å². The van der Waals surface area contributed by atoms with E-state index in [9.17, 15) is 18.0 Å². The molecule has 1 aromatic carbocycles. The molecule has 0 aromatic heterocycles. The van der Waals surface area contributed by atoms with Crippen LogP contribution < -0.4 is 5.73 Å². The number of rotatable bonds is 4. The summed E-state index contributed by atoms with van der Waals surface area (Å²) in [6.07, 6.45) is -0.121. The molecule has 24 heavy (non-hydrogen) atoms. The molecule has 2 rings (SSSR count). The maximum Gasteiger partial charge on any atom is 0.330 e. The van der Waals surface area contributed by atoms with Crippen LogP contribution in [0.2, 0.25) is 0 Å². The Morgan fingerprint density at radius 1 is 1.33 bits per heavy atom. The van der Waals surface area contributed by atoms with Crippen LogP contribution in [0.25, 0.3) is 0 Å². The average Bonchev–Trinajstić information content (AvgIpc) is 3.00. The second-order valence-electron chi connectivity index (χ2n) is 4.99. The summed E-state index contributed by atoms with van der Waals surface area (Å²) in [6, 6.07) is 7.39. The topological polar surface area (TPSA) is 131 Å². The number of primary amides is 1. The van der Waals surface area contributed by atoms with Crippen LogP contribution in [-0.4, -0.2) is 49.8 Å². The quantitative estimate of drug-likeness (QED) is 0.763. The van der Waals surface area contributed by atoms with Crippen molar-refractivity contribution >= 4 is 34.2 Å². The number of esters is 1. The van der Waals surface area contributed by atoms with Gasteiger partial charge in [0.1, 0.15) is 12.1 Å². The number of amides is 2. The number of carbonyl (C=O) groups excluding carboxylic acids is 2. The molecular weight excluding hydrogens is 358 g/mol. The van der Waals surface area contributed by atoms with Gasteiger partial charge in [-0.2, -0.15) is 5.26 Å². The van der Waals surface area contributed by atoms with Crippen LogP contribution in [0.5, 0.6) is 0 Å². The molecule has 1 fully saturated rings. The van der Waals surface area contributed by atoms with E-state index in [2.05, 4.69) is 4.74 Å². The van der Waals surface area contributed by atoms with Crippen molar-refractivity contribution in [3.05, 3.63) is 30.3 Å². The number of halogens is 1. The number of hydrogen-bond acceptors (Lipinski definition) is 6. The lowest BCUT2D eigenvalue weighted by Crippen LogP contribution is -2.44. The van der Waals surface area contributed by atoms with Crippen molar-refractivity contribution in [2.45, 2.75) is 22.6 Å². The van der Waals surface area contributed by atoms with Gasteiger partial charge in [0.2, 0.25) is 0 Å². The normalized spacial score (nSPS) is 19.9. The van der Waals surface area contributed by atoms with Crippen LogP contribution in [0.3, 0.4) is 0 Å². The Labute approximate surface area is 145 Å². The molecule has 0 unspecified atom stereocenters. The Morgan fingerprint density at radius 3 is 2.50 bits per heavy atom. The number of likely N-dealkylation sites (tertiary alicyclic amines) is 1. The molecule has 130 valence electrons. The summed E-state index contributed by atoms with van der Waals surface area (Å²) in [4.78, 5) is 24.5. The van der Waals surface area contributed by atoms with Crippen molar-refractivity contribution in [2.75, 3.05) is 13.2 Å². The monoisotopic (exact) mass is 373 g/mol. The molecule has 10 heteroatoms. The molecule has 2 N–H and O–H groups in total. The van der Waals surface area contributed by atoms with E-state index in [1.807, 2.05) is 0 Å². The van der Waals surface area contributed by atoms with Gasteiger partial charge in [0, 0.05) is 6.54 Å². The highest BCUT2D eigenvalue weighted by atomic mass is 35.5. The van der Waals surface area contributed by atoms with Gasteiger partial charge in [-0.25, -0.2) is 18.0 Å². The number of sulfone groups is 1. The Morgan fingerprint density at radius 2 is 1.96 bits per heavy atom. The van der Waals surface area contributed by atoms with Crippen molar-refractivity contribution in [1.29, 1.82) is 5.26 Å². The van der Waals surface area contributed by atoms with Crippen LogP contribution >= 0.6 is 12.4 Å². The number of ether oxygens (including phenoxy) is 1. The van der Waals surface area contributed by atoms with Crippen LogP contribution in [-0.2, 0) is 19.4 Å². The van der Waals surface area contributed by atoms with Crippen molar-refractivity contribution < 1.29 is 22.7 Å². The fourth-order valence-corrected chi connectivity index (χ4v) is 4.21. The highest BCUT2D eigenvalue weighted by Crippen LogP contribution is 2.28. The number of nitrogens with zero attached hydrogens (tertiary/aromatic N) is 2. The summed E-state index contributed by atoms with van der Waals surface area (Å²) in [7, 11) is -3.71. The predicted molar refractivity (Wildman–Crippen MR) is 85.9 cm³/mol. The fourth-order valence-electron chi connectivity index (χ4n) is 2.49. The van der Waals surface area contributed by atoms with E-state index in [4.69, 9.17) is 11.0 Å². The SMILES string of the molecule is Cl.N#CCOC(=O)[C@@H]1C[C@@H](S(=O)(=O)c2ccccc2)CN1C(N)=O. The summed E-state index contributed by atoms with van der Waals surface area (Å²) in [6.45, 7) is -0.670. The van der Waals surface area contributed by atoms with Gasteiger partial charge in [0.15, 0.2) is 16.4 Å². The van der Waals surface area contributed by atoms with Crippen molar-refractivity contribution in [3.8, 4) is 6.07 Å². The highest BCUT2D eigenvalue weighted by molar-refractivity contribution is 7.92. The minimum absolute atomic E-state index is 0. The fraction of sp³-hybridized carbons (Fsp3) is 0.357. The second kappa shape index (κ2) is 7.99. The Balaban J connectivity index is 0.00000288. The Kier molecular flexibility index (Phi) is 6.57. The molecule has 1 aliphatic rings. The third-order valence-electron chi connectivity index (χ3n) is 3.61. The van der Waals surface area contributed by atoms with E-state index < -0.39 is 39.7 Å². The summed E-state index contributed by atoms with van der Waals surface area (Å²) in [5.41, 5.74) is 5.22. The van der Waals surface area contributed by atoms with Crippen LogP contribution in [0.15, 0.2) is 35.2 Å². The molecule has 2 atom stereocenters. The first-order valence-corrected chi connectivity index (χ1v) is 8.31. The third kappa shape index (κ3) is 3.96. The average molecular weight is 374 g/mol. The lowest BCUT2D eigenvalue weighted by Gasteiger charge is -2.19. The molecule has 1 aromatic rings. The molecule has 1 heterocycles. The summed E-state index contributed by atoms with van der Waals surface area (Å²) >= 11 is 0. The second-order valence-corrected chi connectivity index (χ2v) is 7.22. The minimum Gasteiger partial charge on any atom is -0.449 e. The molecule has 0 spiro atoms. The molecule has 1 saturated heterocycles. The number of benzene rings is 1. The Hall–Kier alpha value is -2.31. The van der Waals surface area contributed by atoms with Gasteiger partial charge in [-0.1, -0.05) is 18.2 Å². The van der Waals surface area contributed by atoms with Crippen molar-refractivity contribution in [1.82, 2.24) is 4.90 Å². The smallest absolute Gasteiger partial charge is 0.330 e. The van der Waals surface area contributed by atoms with E-state index in [0.717, 1.165) is 4.90 Å². The third-order valence-corrected chi connectivity index (χ3v) is 5.76. The first-order valence-electron chi connectivity index (χ1n) is 6.76. The van der Waals surface area contributed by atoms with Crippen LogP contribution in [0, 0.1) is 11.3 Å². The molecule has 2 amide bonds. The van der Waals surface area contributed by atoms with E-state index in [1.165, 1.54) is 12.1 Å². The number of urea groups is 1. The lowest BCUT2D eigenvalue weighted by atomic mass is 10.2. The molecular formula is C14H16ClN3O5S. The zero-order valence-electron chi connectivity index (χ0n) is 12.5. The van der Waals surface area contributed by atoms with Gasteiger partial charge < -0.3 is 15.4 Å². The first kappa shape index (κ1) is 19.7. The van der Waals surface area contributed by atoms with Crippen molar-refractivity contribution in [2.24, 2.45) is 5.73 Å². The molecule has 0 radical (unpaired) electrons. The van der Waals surface area contributed by atoms with Gasteiger partial charge in [-0.05, 0) is 18.6 Å². The minimum atomic E-state index is -3.71. The van der Waals surface area contributed by atoms with Crippen molar-refractivity contribution in [3.63, 3.8) is 0 Å². The van der Waals surface area contributed by atoms with Gasteiger partial charge in [0.05, 0.1) is 10.1 Å². The van der Waals surface area contributed by atoms with E-state index in [1.54, 1.807) is 24.3 Å². The maximum atomic E-state index is 12.6. The zero-order valence-corrected chi connectivity index (χ0v) is 14.1. The lowest BCUT2D eigenvalue weighted by molar-refractivity contribution is -0.146. The summed E-state index contributed by atoms with van der Waals surface area (Å²) in [5.74, 6) is -0.837. The van der Waals surface area contributed by atoms with Crippen LogP contribution in [0.4, 0.5) is 4.79 Å². The van der Waals surface area contributed by atoms with E-state index in [-0.39, 0.29) is 30.3 Å². The predicted octanol–water partition coefficient (Wildman–Crippen LogP) is 0.470. The van der Waals surface area contributed by atoms with E-state index in [0.29, 0.717) is 0 Å². The summed E-state index contributed by atoms with van der Waals surface area (Å²) in [5, 5.41) is 7.47. The molecule has 1 aliphatic heterocycles. The standard InChI is InChI=1S/C14H15N3O5S.ClH/c15-6-7-22-13(18)12-8-11(9-17(12)14(16)19)23(20,21)10-4-2-1-3-5-10;/h1-5,11-12H,7-9H2,(H2,16,19);1H/t11-,12+;/m1./s1. The summed E-state index contributed by atoms with van der Waals surface area (Å²) < 4.78 is 29.9. The Bertz CT molecular complexity index is 747. The number of nitrogens with two attached hydrogens (primary N) is 1.